The third-order valence-corrected chi connectivity index (χ3v) is 5.46. The Morgan fingerprint density at radius 1 is 1.00 bits per heavy atom. The number of nitrogens with two attached hydrogens (primary N) is 1. The molecule has 0 amide bonds. The molecule has 0 aliphatic heterocycles. The minimum atomic E-state index is -0.0324. The van der Waals surface area contributed by atoms with Gasteiger partial charge in [0.2, 0.25) is 0 Å². The van der Waals surface area contributed by atoms with Crippen molar-refractivity contribution in [2.75, 3.05) is 7.05 Å². The van der Waals surface area contributed by atoms with Gasteiger partial charge in [0.05, 0.1) is 0 Å². The van der Waals surface area contributed by atoms with Gasteiger partial charge in [0, 0.05) is 18.0 Å². The van der Waals surface area contributed by atoms with Crippen molar-refractivity contribution in [1.82, 2.24) is 0 Å². The SMILES string of the molecule is CC.CCCC.CN=CN=C(N)c1cc2c(cc1C(C)C)-c1ccccc1C2(C)C. The van der Waals surface area contributed by atoms with E-state index in [1.807, 2.05) is 13.8 Å². The molecule has 2 aromatic rings. The van der Waals surface area contributed by atoms with Crippen molar-refractivity contribution >= 4 is 12.2 Å². The first-order valence-electron chi connectivity index (χ1n) is 11.3. The molecule has 0 heterocycles. The van der Waals surface area contributed by atoms with E-state index in [1.165, 1.54) is 47.0 Å². The Kier molecular flexibility index (Phi) is 9.98. The zero-order chi connectivity index (χ0) is 22.9. The average molecular weight is 408 g/mol. The second-order valence-electron chi connectivity index (χ2n) is 8.20. The smallest absolute Gasteiger partial charge is 0.132 e. The normalized spacial score (nSPS) is 13.9. The Bertz CT molecular complexity index is 872. The Morgan fingerprint density at radius 2 is 1.60 bits per heavy atom. The summed E-state index contributed by atoms with van der Waals surface area (Å²) in [6.07, 6.45) is 4.15. The van der Waals surface area contributed by atoms with Crippen LogP contribution in [0.25, 0.3) is 11.1 Å². The zero-order valence-corrected chi connectivity index (χ0v) is 20.5. The van der Waals surface area contributed by atoms with Gasteiger partial charge in [0.15, 0.2) is 0 Å². The molecule has 0 saturated heterocycles. The molecule has 0 unspecified atom stereocenters. The lowest BCUT2D eigenvalue weighted by Gasteiger charge is -2.23. The summed E-state index contributed by atoms with van der Waals surface area (Å²) in [5.41, 5.74) is 13.8. The van der Waals surface area contributed by atoms with Crippen molar-refractivity contribution in [3.05, 3.63) is 58.7 Å². The van der Waals surface area contributed by atoms with Crippen molar-refractivity contribution in [3.8, 4) is 11.1 Å². The summed E-state index contributed by atoms with van der Waals surface area (Å²) < 4.78 is 0. The molecule has 0 radical (unpaired) electrons. The summed E-state index contributed by atoms with van der Waals surface area (Å²) in [6, 6.07) is 13.2. The van der Waals surface area contributed by atoms with Gasteiger partial charge >= 0.3 is 0 Å². The van der Waals surface area contributed by atoms with Crippen molar-refractivity contribution in [3.63, 3.8) is 0 Å². The van der Waals surface area contributed by atoms with E-state index in [-0.39, 0.29) is 5.41 Å². The number of nitrogens with zero attached hydrogens (tertiary/aromatic N) is 2. The van der Waals surface area contributed by atoms with Gasteiger partial charge in [-0.15, -0.1) is 0 Å². The predicted octanol–water partition coefficient (Wildman–Crippen LogP) is 7.31. The number of aliphatic imine (C=N–C) groups is 2. The van der Waals surface area contributed by atoms with Gasteiger partial charge in [-0.1, -0.05) is 92.5 Å². The van der Waals surface area contributed by atoms with Gasteiger partial charge in [-0.2, -0.15) is 0 Å². The third kappa shape index (κ3) is 5.38. The first kappa shape index (κ1) is 25.6. The van der Waals surface area contributed by atoms with E-state index >= 15 is 0 Å². The highest BCUT2D eigenvalue weighted by Crippen LogP contribution is 2.49. The fourth-order valence-corrected chi connectivity index (χ4v) is 3.65. The van der Waals surface area contributed by atoms with E-state index in [9.17, 15) is 0 Å². The van der Waals surface area contributed by atoms with Crippen LogP contribution < -0.4 is 5.73 Å². The fourth-order valence-electron chi connectivity index (χ4n) is 3.65. The molecular formula is C27H41N3. The zero-order valence-electron chi connectivity index (χ0n) is 20.5. The molecular weight excluding hydrogens is 366 g/mol. The monoisotopic (exact) mass is 407 g/mol. The summed E-state index contributed by atoms with van der Waals surface area (Å²) in [5.74, 6) is 0.896. The molecule has 2 aromatic carbocycles. The van der Waals surface area contributed by atoms with E-state index < -0.39 is 0 Å². The number of benzene rings is 2. The number of hydrogen-bond acceptors (Lipinski definition) is 1. The van der Waals surface area contributed by atoms with Crippen LogP contribution in [0.4, 0.5) is 0 Å². The number of rotatable bonds is 4. The number of amidine groups is 1. The Hall–Kier alpha value is -2.42. The summed E-state index contributed by atoms with van der Waals surface area (Å²) in [6.45, 7) is 17.3. The van der Waals surface area contributed by atoms with Crippen LogP contribution in [-0.2, 0) is 5.41 Å². The van der Waals surface area contributed by atoms with Gasteiger partial charge in [0.25, 0.3) is 0 Å². The fraction of sp³-hybridized carbons (Fsp3) is 0.481. The molecule has 0 spiro atoms. The van der Waals surface area contributed by atoms with Gasteiger partial charge in [-0.25, -0.2) is 4.99 Å². The lowest BCUT2D eigenvalue weighted by Crippen LogP contribution is -2.20. The highest BCUT2D eigenvalue weighted by atomic mass is 14.9. The van der Waals surface area contributed by atoms with E-state index in [0.29, 0.717) is 11.8 Å². The highest BCUT2D eigenvalue weighted by Gasteiger charge is 2.36. The first-order chi connectivity index (χ1) is 14.3. The van der Waals surface area contributed by atoms with Crippen LogP contribution in [0.3, 0.4) is 0 Å². The predicted molar refractivity (Wildman–Crippen MR) is 135 cm³/mol. The molecule has 0 bridgehead atoms. The van der Waals surface area contributed by atoms with Crippen LogP contribution in [0.5, 0.6) is 0 Å². The maximum atomic E-state index is 6.27. The second-order valence-corrected chi connectivity index (χ2v) is 8.20. The standard InChI is InChI=1S/C21H25N3.C4H10.C2H6/c1-13(2)15-10-16-14-8-6-7-9-18(14)21(3,4)19(16)11-17(15)20(22)24-12-23-5;1-3-4-2;1-2/h6-13H,1-5H3,(H2,22,23,24);3-4H2,1-2H3;1-2H3. The molecule has 0 aromatic heterocycles. The van der Waals surface area contributed by atoms with Crippen molar-refractivity contribution in [2.24, 2.45) is 15.7 Å². The summed E-state index contributed by atoms with van der Waals surface area (Å²) in [7, 11) is 1.70. The Morgan fingerprint density at radius 3 is 2.13 bits per heavy atom. The number of unbranched alkanes of at least 4 members (excludes halogenated alkanes) is 1. The Labute approximate surface area is 184 Å². The van der Waals surface area contributed by atoms with E-state index in [0.717, 1.165) is 5.56 Å². The van der Waals surface area contributed by atoms with Gasteiger partial charge in [0.1, 0.15) is 12.2 Å². The Balaban J connectivity index is 0.000000673. The van der Waals surface area contributed by atoms with Crippen LogP contribution in [0.1, 0.15) is 96.4 Å². The summed E-state index contributed by atoms with van der Waals surface area (Å²) in [5, 5.41) is 0. The molecule has 3 nitrogen and oxygen atoms in total. The summed E-state index contributed by atoms with van der Waals surface area (Å²) >= 11 is 0. The minimum Gasteiger partial charge on any atom is -0.383 e. The number of fused-ring (bicyclic) bond motifs is 3. The molecule has 0 atom stereocenters. The largest absolute Gasteiger partial charge is 0.383 e. The molecule has 30 heavy (non-hydrogen) atoms. The molecule has 3 rings (SSSR count). The van der Waals surface area contributed by atoms with Crippen molar-refractivity contribution < 1.29 is 0 Å². The second kappa shape index (κ2) is 11.7. The van der Waals surface area contributed by atoms with Crippen LogP contribution in [-0.4, -0.2) is 19.2 Å². The van der Waals surface area contributed by atoms with Crippen LogP contribution in [0, 0.1) is 0 Å². The third-order valence-electron chi connectivity index (χ3n) is 5.46. The van der Waals surface area contributed by atoms with Crippen molar-refractivity contribution in [2.45, 2.75) is 79.6 Å². The van der Waals surface area contributed by atoms with Crippen LogP contribution in [0.15, 0.2) is 46.4 Å². The maximum absolute atomic E-state index is 6.27. The molecule has 1 aliphatic rings. The van der Waals surface area contributed by atoms with Crippen LogP contribution >= 0.6 is 0 Å². The average Bonchev–Trinajstić information content (AvgIpc) is 2.99. The molecule has 3 heteroatoms. The summed E-state index contributed by atoms with van der Waals surface area (Å²) in [4.78, 5) is 8.20. The maximum Gasteiger partial charge on any atom is 0.132 e. The lowest BCUT2D eigenvalue weighted by atomic mass is 9.80. The van der Waals surface area contributed by atoms with Gasteiger partial charge < -0.3 is 5.73 Å². The molecule has 1 aliphatic carbocycles. The minimum absolute atomic E-state index is 0.0324. The number of hydrogen-bond donors (Lipinski definition) is 1. The van der Waals surface area contributed by atoms with Crippen LogP contribution in [0.2, 0.25) is 0 Å². The topological polar surface area (TPSA) is 50.7 Å². The van der Waals surface area contributed by atoms with Crippen molar-refractivity contribution in [1.29, 1.82) is 0 Å². The van der Waals surface area contributed by atoms with E-state index in [2.05, 4.69) is 87.9 Å². The first-order valence-corrected chi connectivity index (χ1v) is 11.3. The lowest BCUT2D eigenvalue weighted by molar-refractivity contribution is 0.659. The highest BCUT2D eigenvalue weighted by molar-refractivity contribution is 6.03. The molecule has 2 N–H and O–H groups in total. The quantitative estimate of drug-likeness (QED) is 0.419. The van der Waals surface area contributed by atoms with E-state index in [1.54, 1.807) is 7.05 Å². The molecule has 0 fully saturated rings. The van der Waals surface area contributed by atoms with E-state index in [4.69, 9.17) is 5.73 Å². The van der Waals surface area contributed by atoms with Gasteiger partial charge in [-0.05, 0) is 45.9 Å². The molecule has 164 valence electrons. The van der Waals surface area contributed by atoms with Gasteiger partial charge in [-0.3, -0.25) is 4.99 Å². The molecule has 0 saturated carbocycles.